The van der Waals surface area contributed by atoms with Crippen LogP contribution in [-0.2, 0) is 11.0 Å². The maximum atomic E-state index is 13.1. The molecule has 1 saturated carbocycles. The van der Waals surface area contributed by atoms with Gasteiger partial charge in [0.1, 0.15) is 5.82 Å². The molecule has 1 aromatic carbocycles. The molecule has 1 unspecified atom stereocenters. The number of anilines is 3. The monoisotopic (exact) mass is 393 g/mol. The predicted octanol–water partition coefficient (Wildman–Crippen LogP) is 4.08. The maximum Gasteiger partial charge on any atom is 0.433 e. The van der Waals surface area contributed by atoms with E-state index in [4.69, 9.17) is 0 Å². The summed E-state index contributed by atoms with van der Waals surface area (Å²) in [7, 11) is 3.23. The van der Waals surface area contributed by atoms with Crippen LogP contribution in [0, 0.1) is 5.92 Å². The Labute approximate surface area is 161 Å². The van der Waals surface area contributed by atoms with Gasteiger partial charge in [0.15, 0.2) is 5.69 Å². The average molecular weight is 393 g/mol. The van der Waals surface area contributed by atoms with Crippen LogP contribution in [0.5, 0.6) is 0 Å². The third kappa shape index (κ3) is 4.90. The Balaban J connectivity index is 1.73. The van der Waals surface area contributed by atoms with E-state index in [-0.39, 0.29) is 29.6 Å². The Morgan fingerprint density at radius 3 is 2.36 bits per heavy atom. The fraction of sp³-hybridized carbons (Fsp3) is 0.421. The lowest BCUT2D eigenvalue weighted by molar-refractivity contribution is -0.141. The molecule has 9 heteroatoms. The minimum absolute atomic E-state index is 0.0208. The largest absolute Gasteiger partial charge is 0.433 e. The smallest absolute Gasteiger partial charge is 0.363 e. The fourth-order valence-electron chi connectivity index (χ4n) is 2.60. The number of halogens is 3. The van der Waals surface area contributed by atoms with E-state index in [1.54, 1.807) is 45.3 Å². The van der Waals surface area contributed by atoms with Crippen LogP contribution < -0.4 is 15.5 Å². The molecule has 2 aromatic rings. The molecule has 1 atom stereocenters. The highest BCUT2D eigenvalue weighted by Crippen LogP contribution is 2.32. The number of aromatic nitrogens is 2. The lowest BCUT2D eigenvalue weighted by atomic mass is 10.1. The summed E-state index contributed by atoms with van der Waals surface area (Å²) in [5.41, 5.74) is 0.522. The van der Waals surface area contributed by atoms with E-state index in [0.29, 0.717) is 5.69 Å². The summed E-state index contributed by atoms with van der Waals surface area (Å²) in [6.07, 6.45) is -2.71. The summed E-state index contributed by atoms with van der Waals surface area (Å²) >= 11 is 0. The topological polar surface area (TPSA) is 70.2 Å². The number of carbonyl (C=O) groups excluding carboxylic acids is 1. The quantitative estimate of drug-likeness (QED) is 0.774. The first-order chi connectivity index (χ1) is 13.1. The van der Waals surface area contributed by atoms with Crippen molar-refractivity contribution >= 4 is 23.4 Å². The van der Waals surface area contributed by atoms with Crippen molar-refractivity contribution in [2.75, 3.05) is 29.6 Å². The summed E-state index contributed by atoms with van der Waals surface area (Å²) in [4.78, 5) is 21.0. The van der Waals surface area contributed by atoms with Crippen LogP contribution in [0.1, 0.15) is 37.1 Å². The minimum atomic E-state index is -4.56. The second kappa shape index (κ2) is 7.65. The van der Waals surface area contributed by atoms with E-state index in [0.717, 1.165) is 24.5 Å². The second-order valence-corrected chi connectivity index (χ2v) is 7.08. The van der Waals surface area contributed by atoms with Crippen LogP contribution in [0.3, 0.4) is 0 Å². The summed E-state index contributed by atoms with van der Waals surface area (Å²) in [6, 6.07) is 7.73. The molecule has 0 saturated heterocycles. The van der Waals surface area contributed by atoms with Gasteiger partial charge in [0.2, 0.25) is 11.9 Å². The molecule has 1 heterocycles. The van der Waals surface area contributed by atoms with Crippen molar-refractivity contribution in [2.45, 2.75) is 32.0 Å². The van der Waals surface area contributed by atoms with E-state index < -0.39 is 11.9 Å². The van der Waals surface area contributed by atoms with Gasteiger partial charge in [0.05, 0.1) is 6.04 Å². The first-order valence-corrected chi connectivity index (χ1v) is 8.94. The minimum Gasteiger partial charge on any atom is -0.363 e. The van der Waals surface area contributed by atoms with Gasteiger partial charge in [-0.3, -0.25) is 4.79 Å². The first kappa shape index (κ1) is 19.9. The van der Waals surface area contributed by atoms with Gasteiger partial charge in [-0.2, -0.15) is 18.2 Å². The Hall–Kier alpha value is -2.84. The molecule has 150 valence electrons. The molecule has 0 spiro atoms. The summed E-state index contributed by atoms with van der Waals surface area (Å²) in [6.45, 7) is 1.80. The van der Waals surface area contributed by atoms with Crippen LogP contribution in [0.25, 0.3) is 0 Å². The SMILES string of the molecule is CC(Nc1nc(N(C)C)cc(C(F)(F)F)n1)c1ccc(NC(=O)C2CC2)cc1. The van der Waals surface area contributed by atoms with Crippen LogP contribution >= 0.6 is 0 Å². The molecule has 0 radical (unpaired) electrons. The molecule has 1 aliphatic carbocycles. The Kier molecular flexibility index (Phi) is 5.44. The molecule has 28 heavy (non-hydrogen) atoms. The molecule has 0 bridgehead atoms. The molecule has 2 N–H and O–H groups in total. The van der Waals surface area contributed by atoms with E-state index in [2.05, 4.69) is 20.6 Å². The van der Waals surface area contributed by atoms with Gasteiger partial charge in [-0.1, -0.05) is 12.1 Å². The number of nitrogens with one attached hydrogen (secondary N) is 2. The standard InChI is InChI=1S/C19H22F3N5O/c1-11(12-6-8-14(9-7-12)24-17(28)13-4-5-13)23-18-25-15(19(20,21)22)10-16(26-18)27(2)3/h6-11,13H,4-5H2,1-3H3,(H,24,28)(H,23,25,26). The summed E-state index contributed by atoms with van der Waals surface area (Å²) in [5.74, 6) is 0.198. The molecule has 1 aromatic heterocycles. The van der Waals surface area contributed by atoms with Gasteiger partial charge >= 0.3 is 6.18 Å². The van der Waals surface area contributed by atoms with E-state index in [9.17, 15) is 18.0 Å². The zero-order valence-electron chi connectivity index (χ0n) is 15.8. The molecule has 1 aliphatic rings. The lowest BCUT2D eigenvalue weighted by Gasteiger charge is -2.19. The number of hydrogen-bond donors (Lipinski definition) is 2. The van der Waals surface area contributed by atoms with Gasteiger partial charge in [-0.25, -0.2) is 4.98 Å². The molecule has 1 fully saturated rings. The van der Waals surface area contributed by atoms with E-state index >= 15 is 0 Å². The average Bonchev–Trinajstić information content (AvgIpc) is 3.46. The van der Waals surface area contributed by atoms with Crippen LogP contribution in [0.15, 0.2) is 30.3 Å². The Morgan fingerprint density at radius 1 is 1.18 bits per heavy atom. The number of nitrogens with zero attached hydrogens (tertiary/aromatic N) is 3. The normalized spacial score (nSPS) is 15.1. The predicted molar refractivity (Wildman–Crippen MR) is 101 cm³/mol. The Morgan fingerprint density at radius 2 is 1.82 bits per heavy atom. The second-order valence-electron chi connectivity index (χ2n) is 7.08. The summed E-state index contributed by atoms with van der Waals surface area (Å²) in [5, 5.41) is 5.77. The number of hydrogen-bond acceptors (Lipinski definition) is 5. The van der Waals surface area contributed by atoms with Gasteiger partial charge in [0.25, 0.3) is 0 Å². The molecule has 1 amide bonds. The number of alkyl halides is 3. The van der Waals surface area contributed by atoms with Crippen molar-refractivity contribution in [1.82, 2.24) is 9.97 Å². The van der Waals surface area contributed by atoms with E-state index in [1.807, 2.05) is 0 Å². The zero-order valence-corrected chi connectivity index (χ0v) is 15.8. The van der Waals surface area contributed by atoms with Crippen molar-refractivity contribution in [1.29, 1.82) is 0 Å². The first-order valence-electron chi connectivity index (χ1n) is 8.94. The summed E-state index contributed by atoms with van der Waals surface area (Å²) < 4.78 is 39.3. The molecule has 6 nitrogen and oxygen atoms in total. The van der Waals surface area contributed by atoms with Crippen molar-refractivity contribution < 1.29 is 18.0 Å². The third-order valence-electron chi connectivity index (χ3n) is 4.43. The number of benzene rings is 1. The van der Waals surface area contributed by atoms with Gasteiger partial charge < -0.3 is 15.5 Å². The van der Waals surface area contributed by atoms with E-state index in [1.165, 1.54) is 4.90 Å². The highest BCUT2D eigenvalue weighted by atomic mass is 19.4. The van der Waals surface area contributed by atoms with Gasteiger partial charge in [-0.15, -0.1) is 0 Å². The molecule has 0 aliphatic heterocycles. The number of amides is 1. The molecule has 3 rings (SSSR count). The van der Waals surface area contributed by atoms with Crippen molar-refractivity contribution in [3.63, 3.8) is 0 Å². The zero-order chi connectivity index (χ0) is 20.5. The van der Waals surface area contributed by atoms with Crippen molar-refractivity contribution in [3.8, 4) is 0 Å². The number of rotatable bonds is 6. The maximum absolute atomic E-state index is 13.1. The van der Waals surface area contributed by atoms with Crippen LogP contribution in [0.4, 0.5) is 30.6 Å². The highest BCUT2D eigenvalue weighted by Gasteiger charge is 2.34. The lowest BCUT2D eigenvalue weighted by Crippen LogP contribution is -2.18. The van der Waals surface area contributed by atoms with Crippen LogP contribution in [-0.4, -0.2) is 30.0 Å². The Bertz CT molecular complexity index is 848. The number of carbonyl (C=O) groups is 1. The third-order valence-corrected chi connectivity index (χ3v) is 4.43. The highest BCUT2D eigenvalue weighted by molar-refractivity contribution is 5.94. The van der Waals surface area contributed by atoms with Crippen LogP contribution in [0.2, 0.25) is 0 Å². The van der Waals surface area contributed by atoms with Gasteiger partial charge in [0, 0.05) is 31.8 Å². The van der Waals surface area contributed by atoms with Crippen molar-refractivity contribution in [2.24, 2.45) is 5.92 Å². The van der Waals surface area contributed by atoms with Crippen molar-refractivity contribution in [3.05, 3.63) is 41.6 Å². The fourth-order valence-corrected chi connectivity index (χ4v) is 2.60. The van der Waals surface area contributed by atoms with Gasteiger partial charge in [-0.05, 0) is 37.5 Å². The molecular weight excluding hydrogens is 371 g/mol. The molecular formula is C19H22F3N5O.